The predicted molar refractivity (Wildman–Crippen MR) is 215 cm³/mol. The minimum Gasteiger partial charge on any atom is -0.497 e. The Labute approximate surface area is 318 Å². The second-order valence-electron chi connectivity index (χ2n) is 14.2. The van der Waals surface area contributed by atoms with Gasteiger partial charge in [0.1, 0.15) is 22.6 Å². The highest BCUT2D eigenvalue weighted by Crippen LogP contribution is 2.36. The van der Waals surface area contributed by atoms with Crippen LogP contribution in [0.5, 0.6) is 5.75 Å². The summed E-state index contributed by atoms with van der Waals surface area (Å²) in [6.07, 6.45) is 5.19. The normalized spacial score (nSPS) is 15.4. The molecule has 0 amide bonds. The second kappa shape index (κ2) is 15.4. The minimum atomic E-state index is 0.338. The van der Waals surface area contributed by atoms with Gasteiger partial charge in [0.05, 0.1) is 18.1 Å². The summed E-state index contributed by atoms with van der Waals surface area (Å²) in [6.45, 7) is 3.27. The molecule has 2 saturated heterocycles. The lowest BCUT2D eigenvalue weighted by atomic mass is 9.91. The summed E-state index contributed by atoms with van der Waals surface area (Å²) in [4.78, 5) is 14.3. The lowest BCUT2D eigenvalue weighted by molar-refractivity contribution is 0.0666. The van der Waals surface area contributed by atoms with Crippen molar-refractivity contribution in [1.82, 2.24) is 19.5 Å². The molecule has 0 aliphatic carbocycles. The van der Waals surface area contributed by atoms with E-state index in [0.717, 1.165) is 126 Å². The molecule has 5 aromatic carbocycles. The SMILES string of the molecule is COc1cccc(-c2nc3cc(-c4nc5ccccc5o4)ccc3n2C2CCOCC2)c1.Nc1cc(-c2nc3ccccc3o2)ccc1CC1CCOCC1. The molecule has 5 heterocycles. The molecule has 10 nitrogen and oxygen atoms in total. The van der Waals surface area contributed by atoms with E-state index >= 15 is 0 Å². The van der Waals surface area contributed by atoms with Crippen LogP contribution in [0, 0.1) is 5.92 Å². The zero-order valence-electron chi connectivity index (χ0n) is 30.8. The minimum absolute atomic E-state index is 0.338. The number of nitrogens with zero attached hydrogens (tertiary/aromatic N) is 4. The number of aromatic nitrogens is 4. The van der Waals surface area contributed by atoms with Crippen LogP contribution in [0.2, 0.25) is 0 Å². The molecule has 278 valence electrons. The van der Waals surface area contributed by atoms with Crippen molar-refractivity contribution in [1.29, 1.82) is 0 Å². The Hall–Kier alpha value is -5.97. The number of para-hydroxylation sites is 4. The van der Waals surface area contributed by atoms with Gasteiger partial charge in [0.2, 0.25) is 11.8 Å². The molecule has 0 saturated carbocycles. The summed E-state index contributed by atoms with van der Waals surface area (Å²) in [5.74, 6) is 3.66. The number of fused-ring (bicyclic) bond motifs is 3. The van der Waals surface area contributed by atoms with Gasteiger partial charge in [-0.3, -0.25) is 0 Å². The molecule has 3 aromatic heterocycles. The highest BCUT2D eigenvalue weighted by atomic mass is 16.5. The third kappa shape index (κ3) is 7.30. The first-order valence-corrected chi connectivity index (χ1v) is 19.0. The molecule has 0 spiro atoms. The van der Waals surface area contributed by atoms with Crippen molar-refractivity contribution < 1.29 is 23.0 Å². The smallest absolute Gasteiger partial charge is 0.227 e. The Balaban J connectivity index is 0.000000153. The van der Waals surface area contributed by atoms with E-state index in [1.165, 1.54) is 5.56 Å². The van der Waals surface area contributed by atoms with E-state index in [9.17, 15) is 0 Å². The van der Waals surface area contributed by atoms with Gasteiger partial charge in [-0.1, -0.05) is 42.5 Å². The molecule has 10 rings (SSSR count). The van der Waals surface area contributed by atoms with E-state index in [1.54, 1.807) is 7.11 Å². The van der Waals surface area contributed by atoms with E-state index in [2.05, 4.69) is 50.9 Å². The van der Waals surface area contributed by atoms with Crippen LogP contribution in [-0.4, -0.2) is 53.1 Å². The lowest BCUT2D eigenvalue weighted by Gasteiger charge is -2.26. The first-order chi connectivity index (χ1) is 27.1. The number of ether oxygens (including phenoxy) is 3. The molecular formula is C45H43N5O5. The van der Waals surface area contributed by atoms with Crippen LogP contribution < -0.4 is 10.5 Å². The summed E-state index contributed by atoms with van der Waals surface area (Å²) in [5, 5.41) is 0. The van der Waals surface area contributed by atoms with Crippen molar-refractivity contribution in [3.63, 3.8) is 0 Å². The highest BCUT2D eigenvalue weighted by Gasteiger charge is 2.24. The van der Waals surface area contributed by atoms with Gasteiger partial charge in [-0.2, -0.15) is 0 Å². The standard InChI is InChI=1S/C26H23N3O3.C19H20N2O2/c1-30-20-6-4-5-17(15-20)25-27-22-16-18(26-28-21-7-2-3-8-24(21)32-26)9-10-23(22)29(25)19-11-13-31-14-12-19;20-16-12-15(19-21-17-3-1-2-4-18(17)23-19)6-5-14(16)11-13-7-9-22-10-8-13/h2-10,15-16,19H,11-14H2,1H3;1-6,12-13H,7-11,20H2. The number of nitrogens with two attached hydrogens (primary N) is 1. The maximum absolute atomic E-state index is 6.27. The molecule has 55 heavy (non-hydrogen) atoms. The van der Waals surface area contributed by atoms with E-state index < -0.39 is 0 Å². The number of anilines is 1. The van der Waals surface area contributed by atoms with E-state index in [1.807, 2.05) is 72.8 Å². The molecule has 2 fully saturated rings. The van der Waals surface area contributed by atoms with Crippen molar-refractivity contribution in [2.24, 2.45) is 5.92 Å². The Kier molecular flexibility index (Phi) is 9.74. The van der Waals surface area contributed by atoms with Crippen LogP contribution in [0.4, 0.5) is 5.69 Å². The third-order valence-electron chi connectivity index (χ3n) is 10.7. The van der Waals surface area contributed by atoms with Gasteiger partial charge in [-0.25, -0.2) is 15.0 Å². The molecule has 0 bridgehead atoms. The number of nitrogen functional groups attached to an aromatic ring is 1. The van der Waals surface area contributed by atoms with Gasteiger partial charge >= 0.3 is 0 Å². The van der Waals surface area contributed by atoms with Gasteiger partial charge in [-0.15, -0.1) is 0 Å². The lowest BCUT2D eigenvalue weighted by Crippen LogP contribution is -2.20. The third-order valence-corrected chi connectivity index (χ3v) is 10.7. The van der Waals surface area contributed by atoms with Crippen molar-refractivity contribution >= 4 is 38.9 Å². The maximum Gasteiger partial charge on any atom is 0.227 e. The highest BCUT2D eigenvalue weighted by molar-refractivity contribution is 5.86. The maximum atomic E-state index is 6.27. The van der Waals surface area contributed by atoms with Crippen LogP contribution in [0.25, 0.3) is 67.5 Å². The summed E-state index contributed by atoms with van der Waals surface area (Å²) < 4.78 is 30.7. The molecule has 0 radical (unpaired) electrons. The second-order valence-corrected chi connectivity index (χ2v) is 14.2. The fourth-order valence-corrected chi connectivity index (χ4v) is 7.68. The number of oxazole rings is 2. The van der Waals surface area contributed by atoms with Crippen LogP contribution >= 0.6 is 0 Å². The van der Waals surface area contributed by atoms with Gasteiger partial charge in [0, 0.05) is 54.8 Å². The number of rotatable bonds is 7. The van der Waals surface area contributed by atoms with Gasteiger partial charge < -0.3 is 33.3 Å². The van der Waals surface area contributed by atoms with Crippen molar-refractivity contribution in [3.05, 3.63) is 115 Å². The molecule has 2 aliphatic heterocycles. The Morgan fingerprint density at radius 2 is 1.27 bits per heavy atom. The monoisotopic (exact) mass is 733 g/mol. The Morgan fingerprint density at radius 1 is 0.636 bits per heavy atom. The molecule has 2 N–H and O–H groups in total. The zero-order chi connectivity index (χ0) is 37.1. The zero-order valence-corrected chi connectivity index (χ0v) is 30.8. The molecule has 10 heteroatoms. The van der Waals surface area contributed by atoms with E-state index in [0.29, 0.717) is 23.7 Å². The number of hydrogen-bond acceptors (Lipinski definition) is 9. The fourth-order valence-electron chi connectivity index (χ4n) is 7.68. The summed E-state index contributed by atoms with van der Waals surface area (Å²) in [6, 6.07) is 36.4. The van der Waals surface area contributed by atoms with Crippen LogP contribution in [0.15, 0.2) is 118 Å². The largest absolute Gasteiger partial charge is 0.497 e. The summed E-state index contributed by atoms with van der Waals surface area (Å²) in [7, 11) is 1.69. The number of hydrogen-bond donors (Lipinski definition) is 1. The van der Waals surface area contributed by atoms with Gasteiger partial charge in [-0.05, 0) is 110 Å². The predicted octanol–water partition coefficient (Wildman–Crippen LogP) is 9.92. The molecule has 8 aromatic rings. The van der Waals surface area contributed by atoms with Crippen LogP contribution in [0.1, 0.15) is 37.3 Å². The van der Waals surface area contributed by atoms with Crippen molar-refractivity contribution in [3.8, 4) is 40.0 Å². The van der Waals surface area contributed by atoms with E-state index in [4.69, 9.17) is 33.8 Å². The summed E-state index contributed by atoms with van der Waals surface area (Å²) >= 11 is 0. The molecule has 0 unspecified atom stereocenters. The fraction of sp³-hybridized carbons (Fsp3) is 0.267. The number of methoxy groups -OCH3 is 1. The Bertz CT molecular complexity index is 2510. The van der Waals surface area contributed by atoms with Crippen LogP contribution in [-0.2, 0) is 15.9 Å². The average molecular weight is 734 g/mol. The Morgan fingerprint density at radius 3 is 1.93 bits per heavy atom. The van der Waals surface area contributed by atoms with E-state index in [-0.39, 0.29) is 0 Å². The molecule has 2 aliphatic rings. The van der Waals surface area contributed by atoms with Gasteiger partial charge in [0.25, 0.3) is 0 Å². The number of imidazole rings is 1. The average Bonchev–Trinajstić information content (AvgIpc) is 3.98. The van der Waals surface area contributed by atoms with Crippen LogP contribution in [0.3, 0.4) is 0 Å². The number of benzene rings is 5. The van der Waals surface area contributed by atoms with Crippen molar-refractivity contribution in [2.45, 2.75) is 38.1 Å². The van der Waals surface area contributed by atoms with Crippen molar-refractivity contribution in [2.75, 3.05) is 39.3 Å². The topological polar surface area (TPSA) is 124 Å². The first-order valence-electron chi connectivity index (χ1n) is 19.0. The van der Waals surface area contributed by atoms with Gasteiger partial charge in [0.15, 0.2) is 11.2 Å². The molecular weight excluding hydrogens is 691 g/mol. The quantitative estimate of drug-likeness (QED) is 0.159. The molecule has 0 atom stereocenters. The first kappa shape index (κ1) is 34.8. The summed E-state index contributed by atoms with van der Waals surface area (Å²) in [5.41, 5.74) is 16.5.